The lowest BCUT2D eigenvalue weighted by Crippen LogP contribution is -2.44. The summed E-state index contributed by atoms with van der Waals surface area (Å²) in [4.78, 5) is 25.9. The first-order chi connectivity index (χ1) is 17.3. The van der Waals surface area contributed by atoms with Gasteiger partial charge in [0.1, 0.15) is 12.1 Å². The number of amides is 2. The highest BCUT2D eigenvalue weighted by atomic mass is 32.2. The van der Waals surface area contributed by atoms with Crippen LogP contribution < -0.4 is 19.7 Å². The summed E-state index contributed by atoms with van der Waals surface area (Å²) in [7, 11) is -0.107. The molecule has 0 saturated carbocycles. The van der Waals surface area contributed by atoms with Crippen LogP contribution in [0.4, 0.5) is 16.3 Å². The summed E-state index contributed by atoms with van der Waals surface area (Å²) in [5.74, 6) is 2.44. The van der Waals surface area contributed by atoms with Crippen LogP contribution in [0.1, 0.15) is 18.4 Å². The Bertz CT molecular complexity index is 1420. The number of nitrogens with one attached hydrogen (secondary N) is 1. The molecule has 10 nitrogen and oxygen atoms in total. The summed E-state index contributed by atoms with van der Waals surface area (Å²) in [6, 6.07) is 8.46. The maximum Gasteiger partial charge on any atom is 0.322 e. The molecule has 1 N–H and O–H groups in total. The minimum atomic E-state index is -3.31. The van der Waals surface area contributed by atoms with E-state index in [4.69, 9.17) is 9.47 Å². The van der Waals surface area contributed by atoms with E-state index >= 15 is 0 Å². The number of carbonyl (C=O) groups excluding carboxylic acids is 1. The van der Waals surface area contributed by atoms with Crippen molar-refractivity contribution in [1.29, 1.82) is 0 Å². The summed E-state index contributed by atoms with van der Waals surface area (Å²) >= 11 is 0. The number of anilines is 2. The zero-order valence-corrected chi connectivity index (χ0v) is 21.3. The maximum absolute atomic E-state index is 12.7. The smallest absolute Gasteiger partial charge is 0.322 e. The molecule has 0 atom stereocenters. The molecule has 3 aromatic rings. The fraction of sp³-hybridized carbons (Fsp3) is 0.400. The average molecular weight is 512 g/mol. The van der Waals surface area contributed by atoms with Gasteiger partial charge < -0.3 is 24.6 Å². The number of fused-ring (bicyclic) bond motifs is 2. The molecule has 2 aliphatic heterocycles. The average Bonchev–Trinajstić information content (AvgIpc) is 2.87. The molecule has 5 rings (SSSR count). The third kappa shape index (κ3) is 4.62. The Balaban J connectivity index is 1.28. The number of hydrogen-bond donors (Lipinski definition) is 1. The number of sulfone groups is 1. The highest BCUT2D eigenvalue weighted by Crippen LogP contribution is 2.36. The number of ether oxygens (including phenoxy) is 2. The second-order valence-corrected chi connectivity index (χ2v) is 11.3. The molecule has 0 aliphatic carbocycles. The fourth-order valence-corrected chi connectivity index (χ4v) is 5.60. The first-order valence-corrected chi connectivity index (χ1v) is 13.7. The summed E-state index contributed by atoms with van der Waals surface area (Å²) in [6.07, 6.45) is 4.56. The van der Waals surface area contributed by atoms with E-state index in [-0.39, 0.29) is 10.9 Å². The molecule has 36 heavy (non-hydrogen) atoms. The Labute approximate surface area is 210 Å². The Morgan fingerprint density at radius 1 is 1.06 bits per heavy atom. The molecule has 190 valence electrons. The van der Waals surface area contributed by atoms with Crippen molar-refractivity contribution in [1.82, 2.24) is 14.9 Å². The van der Waals surface area contributed by atoms with Gasteiger partial charge in [-0.05, 0) is 48.6 Å². The van der Waals surface area contributed by atoms with Crippen LogP contribution in [0.5, 0.6) is 11.5 Å². The molecule has 2 amide bonds. The van der Waals surface area contributed by atoms with Crippen molar-refractivity contribution >= 4 is 38.3 Å². The topological polar surface area (TPSA) is 114 Å². The normalized spacial score (nSPS) is 16.6. The van der Waals surface area contributed by atoms with Crippen LogP contribution in [0.15, 0.2) is 41.6 Å². The number of rotatable bonds is 6. The van der Waals surface area contributed by atoms with Crippen molar-refractivity contribution < 1.29 is 22.7 Å². The number of piperidine rings is 1. The molecule has 0 spiro atoms. The van der Waals surface area contributed by atoms with E-state index in [0.717, 1.165) is 48.2 Å². The zero-order valence-electron chi connectivity index (χ0n) is 20.5. The Hall–Kier alpha value is -3.60. The molecular formula is C25H29N5O5S. The van der Waals surface area contributed by atoms with Crippen LogP contribution in [0.3, 0.4) is 0 Å². The minimum Gasteiger partial charge on any atom is -0.493 e. The van der Waals surface area contributed by atoms with Crippen molar-refractivity contribution in [3.63, 3.8) is 0 Å². The van der Waals surface area contributed by atoms with Gasteiger partial charge in [0.15, 0.2) is 21.3 Å². The van der Waals surface area contributed by atoms with E-state index in [1.807, 2.05) is 12.1 Å². The number of nitrogens with zero attached hydrogens (tertiary/aromatic N) is 4. The van der Waals surface area contributed by atoms with Crippen molar-refractivity contribution in [2.75, 3.05) is 50.3 Å². The molecule has 11 heteroatoms. The third-order valence-electron chi connectivity index (χ3n) is 6.91. The number of benzene rings is 2. The highest BCUT2D eigenvalue weighted by Gasteiger charge is 2.29. The van der Waals surface area contributed by atoms with Gasteiger partial charge in [-0.3, -0.25) is 0 Å². The summed E-state index contributed by atoms with van der Waals surface area (Å²) < 4.78 is 34.8. The van der Waals surface area contributed by atoms with E-state index in [9.17, 15) is 13.2 Å². The Morgan fingerprint density at radius 3 is 2.47 bits per heavy atom. The number of aromatic nitrogens is 2. The molecule has 3 heterocycles. The molecule has 0 bridgehead atoms. The van der Waals surface area contributed by atoms with Gasteiger partial charge in [0, 0.05) is 49.6 Å². The predicted molar refractivity (Wildman–Crippen MR) is 137 cm³/mol. The Kier molecular flexibility index (Phi) is 6.33. The molecule has 1 fully saturated rings. The van der Waals surface area contributed by atoms with Crippen LogP contribution >= 0.6 is 0 Å². The molecule has 2 aromatic carbocycles. The van der Waals surface area contributed by atoms with Crippen molar-refractivity contribution in [2.24, 2.45) is 5.92 Å². The fourth-order valence-electron chi connectivity index (χ4n) is 4.93. The quantitative estimate of drug-likeness (QED) is 0.536. The summed E-state index contributed by atoms with van der Waals surface area (Å²) in [5.41, 5.74) is 2.27. The van der Waals surface area contributed by atoms with Crippen LogP contribution in [0.25, 0.3) is 10.9 Å². The van der Waals surface area contributed by atoms with Crippen molar-refractivity contribution in [2.45, 2.75) is 24.3 Å². The second-order valence-electron chi connectivity index (χ2n) is 9.25. The predicted octanol–water partition coefficient (Wildman–Crippen LogP) is 3.31. The lowest BCUT2D eigenvalue weighted by atomic mass is 9.95. The molecule has 0 radical (unpaired) electrons. The van der Waals surface area contributed by atoms with Gasteiger partial charge in [0.2, 0.25) is 0 Å². The van der Waals surface area contributed by atoms with Gasteiger partial charge in [-0.2, -0.15) is 0 Å². The lowest BCUT2D eigenvalue weighted by Gasteiger charge is -2.37. The largest absolute Gasteiger partial charge is 0.493 e. The van der Waals surface area contributed by atoms with E-state index < -0.39 is 9.84 Å². The van der Waals surface area contributed by atoms with E-state index in [0.29, 0.717) is 36.2 Å². The van der Waals surface area contributed by atoms with E-state index in [1.165, 1.54) is 12.3 Å². The van der Waals surface area contributed by atoms with Gasteiger partial charge in [-0.25, -0.2) is 23.2 Å². The van der Waals surface area contributed by atoms with E-state index in [1.54, 1.807) is 37.6 Å². The van der Waals surface area contributed by atoms with Crippen LogP contribution in [-0.4, -0.2) is 69.4 Å². The zero-order chi connectivity index (χ0) is 25.4. The third-order valence-corrected chi connectivity index (χ3v) is 8.02. The number of methoxy groups -OCH3 is 2. The molecule has 0 unspecified atom stereocenters. The number of hydrogen-bond acceptors (Lipinski definition) is 8. The lowest BCUT2D eigenvalue weighted by molar-refractivity contribution is 0.188. The van der Waals surface area contributed by atoms with Crippen LogP contribution in [0, 0.1) is 5.92 Å². The van der Waals surface area contributed by atoms with Gasteiger partial charge in [0.25, 0.3) is 0 Å². The molecule has 1 aromatic heterocycles. The summed E-state index contributed by atoms with van der Waals surface area (Å²) in [6.45, 7) is 2.60. The van der Waals surface area contributed by atoms with Crippen molar-refractivity contribution in [3.05, 3.63) is 42.2 Å². The van der Waals surface area contributed by atoms with Crippen molar-refractivity contribution in [3.8, 4) is 11.5 Å². The van der Waals surface area contributed by atoms with Gasteiger partial charge >= 0.3 is 6.03 Å². The number of urea groups is 1. The van der Waals surface area contributed by atoms with E-state index in [2.05, 4.69) is 20.2 Å². The van der Waals surface area contributed by atoms with Crippen LogP contribution in [-0.2, 0) is 16.4 Å². The standard InChI is InChI=1S/C25H29N5O5S/c1-34-22-11-19-21(12-23(22)35-2)26-15-27-24(19)29-8-6-16(7-9-29)13-30-14-17-10-18(36(3,32)33)4-5-20(17)28-25(30)31/h4-5,10-12,15-16H,6-9,13-14H2,1-3H3,(H,28,31). The first kappa shape index (κ1) is 24.1. The van der Waals surface area contributed by atoms with Gasteiger partial charge in [0.05, 0.1) is 24.6 Å². The SMILES string of the molecule is COc1cc2ncnc(N3CCC(CN4Cc5cc(S(C)(=O)=O)ccc5NC4=O)CC3)c2cc1OC. The Morgan fingerprint density at radius 2 is 1.78 bits per heavy atom. The van der Waals surface area contributed by atoms with Gasteiger partial charge in [-0.1, -0.05) is 0 Å². The second kappa shape index (κ2) is 9.45. The van der Waals surface area contributed by atoms with Gasteiger partial charge in [-0.15, -0.1) is 0 Å². The summed E-state index contributed by atoms with van der Waals surface area (Å²) in [5, 5.41) is 3.80. The number of carbonyl (C=O) groups is 1. The molecule has 2 aliphatic rings. The maximum atomic E-state index is 12.7. The molecule has 1 saturated heterocycles. The minimum absolute atomic E-state index is 0.153. The highest BCUT2D eigenvalue weighted by molar-refractivity contribution is 7.90. The monoisotopic (exact) mass is 511 g/mol. The molecular weight excluding hydrogens is 482 g/mol. The van der Waals surface area contributed by atoms with Crippen LogP contribution in [0.2, 0.25) is 0 Å². The first-order valence-electron chi connectivity index (χ1n) is 11.8.